The summed E-state index contributed by atoms with van der Waals surface area (Å²) in [6.45, 7) is 3.28. The molecule has 0 bridgehead atoms. The third-order valence-corrected chi connectivity index (χ3v) is 3.72. The van der Waals surface area contributed by atoms with E-state index in [0.29, 0.717) is 12.5 Å². The third kappa shape index (κ3) is 8.83. The van der Waals surface area contributed by atoms with E-state index in [0.717, 1.165) is 38.2 Å². The van der Waals surface area contributed by atoms with Crippen LogP contribution in [0.2, 0.25) is 0 Å². The Morgan fingerprint density at radius 3 is 2.16 bits per heavy atom. The zero-order chi connectivity index (χ0) is 18.7. The van der Waals surface area contributed by atoms with Gasteiger partial charge in [0.05, 0.1) is 6.54 Å². The molecule has 0 aromatic heterocycles. The molecule has 138 valence electrons. The lowest BCUT2D eigenvalue weighted by Gasteiger charge is -2.30. The highest BCUT2D eigenvalue weighted by molar-refractivity contribution is 6.27. The fraction of sp³-hybridized carbons (Fsp3) is 0.471. The van der Waals surface area contributed by atoms with Gasteiger partial charge in [0.15, 0.2) is 0 Å². The molecule has 0 saturated carbocycles. The zero-order valence-corrected chi connectivity index (χ0v) is 14.2. The van der Waals surface area contributed by atoms with Crippen LogP contribution in [-0.4, -0.2) is 66.3 Å². The smallest absolute Gasteiger partial charge is 0.414 e. The summed E-state index contributed by atoms with van der Waals surface area (Å²) >= 11 is 0. The van der Waals surface area contributed by atoms with Gasteiger partial charge in [-0.15, -0.1) is 0 Å². The van der Waals surface area contributed by atoms with E-state index >= 15 is 0 Å². The molecule has 1 saturated heterocycles. The van der Waals surface area contributed by atoms with E-state index in [2.05, 4.69) is 10.2 Å². The molecule has 25 heavy (non-hydrogen) atoms. The molecule has 0 spiro atoms. The number of aliphatic carboxylic acids is 2. The van der Waals surface area contributed by atoms with Crippen LogP contribution in [0.1, 0.15) is 12.8 Å². The van der Waals surface area contributed by atoms with Crippen molar-refractivity contribution in [2.24, 2.45) is 5.92 Å². The van der Waals surface area contributed by atoms with Crippen LogP contribution < -0.4 is 5.32 Å². The molecule has 8 nitrogen and oxygen atoms in total. The lowest BCUT2D eigenvalue weighted by atomic mass is 9.98. The predicted octanol–water partition coefficient (Wildman–Crippen LogP) is 1.14. The van der Waals surface area contributed by atoms with Crippen molar-refractivity contribution >= 4 is 23.5 Å². The second-order valence-corrected chi connectivity index (χ2v) is 5.70. The molecule has 1 aliphatic heterocycles. The number of carboxylic acid groups (broad SMARTS) is 2. The highest BCUT2D eigenvalue weighted by Gasteiger charge is 2.20. The molecule has 1 aromatic carbocycles. The van der Waals surface area contributed by atoms with Crippen molar-refractivity contribution in [2.75, 3.05) is 38.7 Å². The fourth-order valence-corrected chi connectivity index (χ4v) is 2.47. The Balaban J connectivity index is 0.000000450. The van der Waals surface area contributed by atoms with E-state index in [1.807, 2.05) is 30.3 Å². The quantitative estimate of drug-likeness (QED) is 0.680. The summed E-state index contributed by atoms with van der Waals surface area (Å²) in [5, 5.41) is 17.7. The minimum Gasteiger partial charge on any atom is -0.473 e. The number of carbonyl (C=O) groups is 3. The number of para-hydroxylation sites is 1. The molecule has 8 heteroatoms. The highest BCUT2D eigenvalue weighted by Crippen LogP contribution is 2.17. The average molecular weight is 352 g/mol. The number of hydrogen-bond acceptors (Lipinski definition) is 5. The maximum absolute atomic E-state index is 11.9. The van der Waals surface area contributed by atoms with Crippen LogP contribution in [0.5, 0.6) is 0 Å². The van der Waals surface area contributed by atoms with Crippen LogP contribution >= 0.6 is 0 Å². The minimum absolute atomic E-state index is 0.0661. The maximum atomic E-state index is 11.9. The Morgan fingerprint density at radius 2 is 1.68 bits per heavy atom. The van der Waals surface area contributed by atoms with Gasteiger partial charge >= 0.3 is 11.9 Å². The standard InChI is InChI=1S/C15H22N2O2.C2H2O4/c1-19-12-13-7-9-17(10-8-13)11-15(18)16-14-5-3-2-4-6-14;3-1(4)2(5)6/h2-6,13H,7-12H2,1H3,(H,16,18);(H,3,4)(H,5,6). The largest absolute Gasteiger partial charge is 0.473 e. The molecule has 2 rings (SSSR count). The molecule has 3 N–H and O–H groups in total. The van der Waals surface area contributed by atoms with Crippen molar-refractivity contribution in [3.05, 3.63) is 30.3 Å². The van der Waals surface area contributed by atoms with Crippen LogP contribution in [-0.2, 0) is 19.1 Å². The first-order valence-corrected chi connectivity index (χ1v) is 7.94. The van der Waals surface area contributed by atoms with Gasteiger partial charge in [-0.25, -0.2) is 9.59 Å². The molecule has 1 amide bonds. The molecular formula is C17H24N2O6. The van der Waals surface area contributed by atoms with Gasteiger partial charge in [0.25, 0.3) is 0 Å². The number of methoxy groups -OCH3 is 1. The van der Waals surface area contributed by atoms with Crippen molar-refractivity contribution in [3.8, 4) is 0 Å². The SMILES string of the molecule is COCC1CCN(CC(=O)Nc2ccccc2)CC1.O=C(O)C(=O)O. The number of carboxylic acids is 2. The summed E-state index contributed by atoms with van der Waals surface area (Å²) in [7, 11) is 1.75. The van der Waals surface area contributed by atoms with E-state index in [-0.39, 0.29) is 5.91 Å². The number of anilines is 1. The number of rotatable bonds is 5. The predicted molar refractivity (Wildman–Crippen MR) is 91.4 cm³/mol. The van der Waals surface area contributed by atoms with E-state index in [9.17, 15) is 4.79 Å². The summed E-state index contributed by atoms with van der Waals surface area (Å²) in [6, 6.07) is 9.60. The maximum Gasteiger partial charge on any atom is 0.414 e. The Kier molecular flexibility index (Phi) is 9.20. The molecule has 1 heterocycles. The number of carbonyl (C=O) groups excluding carboxylic acids is 1. The topological polar surface area (TPSA) is 116 Å². The van der Waals surface area contributed by atoms with Crippen molar-refractivity contribution in [1.29, 1.82) is 0 Å². The van der Waals surface area contributed by atoms with Crippen LogP contribution in [0, 0.1) is 5.92 Å². The zero-order valence-electron chi connectivity index (χ0n) is 14.2. The second kappa shape index (κ2) is 11.2. The first-order chi connectivity index (χ1) is 11.9. The van der Waals surface area contributed by atoms with Crippen molar-refractivity contribution in [3.63, 3.8) is 0 Å². The van der Waals surface area contributed by atoms with Crippen molar-refractivity contribution < 1.29 is 29.3 Å². The summed E-state index contributed by atoms with van der Waals surface area (Å²) in [5.41, 5.74) is 0.863. The summed E-state index contributed by atoms with van der Waals surface area (Å²) < 4.78 is 5.18. The molecule has 0 atom stereocenters. The lowest BCUT2D eigenvalue weighted by Crippen LogP contribution is -2.40. The fourth-order valence-electron chi connectivity index (χ4n) is 2.47. The Bertz CT molecular complexity index is 544. The Hall–Kier alpha value is -2.45. The van der Waals surface area contributed by atoms with Gasteiger partial charge in [-0.05, 0) is 44.0 Å². The van der Waals surface area contributed by atoms with Gasteiger partial charge in [-0.1, -0.05) is 18.2 Å². The van der Waals surface area contributed by atoms with Crippen molar-refractivity contribution in [2.45, 2.75) is 12.8 Å². The van der Waals surface area contributed by atoms with E-state index < -0.39 is 11.9 Å². The van der Waals surface area contributed by atoms with Gasteiger partial charge in [0, 0.05) is 19.4 Å². The van der Waals surface area contributed by atoms with Crippen LogP contribution in [0.3, 0.4) is 0 Å². The number of nitrogens with one attached hydrogen (secondary N) is 1. The Labute approximate surface area is 146 Å². The van der Waals surface area contributed by atoms with Crippen LogP contribution in [0.4, 0.5) is 5.69 Å². The van der Waals surface area contributed by atoms with Gasteiger partial charge in [0.1, 0.15) is 0 Å². The van der Waals surface area contributed by atoms with E-state index in [4.69, 9.17) is 24.5 Å². The molecule has 1 aliphatic rings. The number of nitrogens with zero attached hydrogens (tertiary/aromatic N) is 1. The molecule has 0 radical (unpaired) electrons. The normalized spacial score (nSPS) is 14.9. The number of piperidine rings is 1. The minimum atomic E-state index is -1.82. The van der Waals surface area contributed by atoms with Gasteiger partial charge in [0.2, 0.25) is 5.91 Å². The highest BCUT2D eigenvalue weighted by atomic mass is 16.5. The third-order valence-electron chi connectivity index (χ3n) is 3.72. The number of ether oxygens (including phenoxy) is 1. The molecule has 1 aromatic rings. The van der Waals surface area contributed by atoms with E-state index in [1.54, 1.807) is 7.11 Å². The monoisotopic (exact) mass is 352 g/mol. The number of amides is 1. The first-order valence-electron chi connectivity index (χ1n) is 7.94. The Morgan fingerprint density at radius 1 is 1.12 bits per heavy atom. The van der Waals surface area contributed by atoms with Gasteiger partial charge in [-0.2, -0.15) is 0 Å². The molecule has 0 aliphatic carbocycles. The number of likely N-dealkylation sites (tertiary alicyclic amines) is 1. The van der Waals surface area contributed by atoms with Crippen LogP contribution in [0.15, 0.2) is 30.3 Å². The van der Waals surface area contributed by atoms with Crippen molar-refractivity contribution in [1.82, 2.24) is 4.90 Å². The molecular weight excluding hydrogens is 328 g/mol. The molecule has 1 fully saturated rings. The van der Waals surface area contributed by atoms with E-state index in [1.165, 1.54) is 0 Å². The number of benzene rings is 1. The van der Waals surface area contributed by atoms with Gasteiger partial charge < -0.3 is 20.3 Å². The number of hydrogen-bond donors (Lipinski definition) is 3. The summed E-state index contributed by atoms with van der Waals surface area (Å²) in [5.74, 6) is -2.93. The first kappa shape index (κ1) is 20.6. The second-order valence-electron chi connectivity index (χ2n) is 5.70. The lowest BCUT2D eigenvalue weighted by molar-refractivity contribution is -0.159. The van der Waals surface area contributed by atoms with Crippen LogP contribution in [0.25, 0.3) is 0 Å². The molecule has 0 unspecified atom stereocenters. The van der Waals surface area contributed by atoms with Gasteiger partial charge in [-0.3, -0.25) is 9.69 Å². The summed E-state index contributed by atoms with van der Waals surface area (Å²) in [6.07, 6.45) is 2.24. The average Bonchev–Trinajstić information content (AvgIpc) is 2.58. The summed E-state index contributed by atoms with van der Waals surface area (Å²) in [4.78, 5) is 32.3.